The van der Waals surface area contributed by atoms with E-state index in [0.29, 0.717) is 5.69 Å². The second-order valence-electron chi connectivity index (χ2n) is 3.75. The van der Waals surface area contributed by atoms with E-state index in [9.17, 15) is 4.39 Å². The first-order valence-corrected chi connectivity index (χ1v) is 5.91. The molecule has 0 bridgehead atoms. The van der Waals surface area contributed by atoms with Gasteiger partial charge in [0.25, 0.3) is 0 Å². The summed E-state index contributed by atoms with van der Waals surface area (Å²) in [6.45, 7) is 0. The highest BCUT2D eigenvalue weighted by atomic mass is 79.9. The fourth-order valence-electron chi connectivity index (χ4n) is 1.62. The van der Waals surface area contributed by atoms with E-state index in [4.69, 9.17) is 5.73 Å². The zero-order valence-corrected chi connectivity index (χ0v) is 10.9. The molecule has 0 aliphatic rings. The fraction of sp³-hybridized carbons (Fsp3) is 0.0769. The summed E-state index contributed by atoms with van der Waals surface area (Å²) in [5, 5.41) is 0. The van der Waals surface area contributed by atoms with Crippen molar-refractivity contribution < 1.29 is 4.39 Å². The molecule has 0 fully saturated rings. The molecule has 0 saturated carbocycles. The Bertz CT molecular complexity index is 543. The van der Waals surface area contributed by atoms with E-state index in [1.807, 2.05) is 36.2 Å². The zero-order chi connectivity index (χ0) is 12.4. The number of nitrogen functional groups attached to an aromatic ring is 1. The van der Waals surface area contributed by atoms with Gasteiger partial charge in [0.1, 0.15) is 5.82 Å². The summed E-state index contributed by atoms with van der Waals surface area (Å²) in [6, 6.07) is 12.0. The molecule has 17 heavy (non-hydrogen) atoms. The van der Waals surface area contributed by atoms with Crippen molar-refractivity contribution >= 4 is 33.0 Å². The second-order valence-corrected chi connectivity index (χ2v) is 4.60. The van der Waals surface area contributed by atoms with E-state index in [2.05, 4.69) is 15.9 Å². The van der Waals surface area contributed by atoms with Crippen LogP contribution in [0, 0.1) is 5.82 Å². The summed E-state index contributed by atoms with van der Waals surface area (Å²) in [4.78, 5) is 1.90. The third-order valence-electron chi connectivity index (χ3n) is 2.53. The molecule has 2 rings (SSSR count). The highest BCUT2D eigenvalue weighted by Gasteiger charge is 2.08. The number of anilines is 3. The topological polar surface area (TPSA) is 29.3 Å². The van der Waals surface area contributed by atoms with Crippen LogP contribution in [0.15, 0.2) is 46.9 Å². The summed E-state index contributed by atoms with van der Waals surface area (Å²) >= 11 is 3.45. The number of nitrogens with zero attached hydrogens (tertiary/aromatic N) is 1. The number of nitrogens with two attached hydrogens (primary N) is 1. The molecule has 2 nitrogen and oxygen atoms in total. The summed E-state index contributed by atoms with van der Waals surface area (Å²) in [6.07, 6.45) is 0. The first-order chi connectivity index (χ1) is 8.08. The number of halogens is 2. The van der Waals surface area contributed by atoms with Gasteiger partial charge in [-0.3, -0.25) is 0 Å². The van der Waals surface area contributed by atoms with E-state index in [1.54, 1.807) is 6.07 Å². The van der Waals surface area contributed by atoms with Crippen LogP contribution in [0.3, 0.4) is 0 Å². The van der Waals surface area contributed by atoms with Crippen LogP contribution >= 0.6 is 15.9 Å². The van der Waals surface area contributed by atoms with Crippen LogP contribution in [0.25, 0.3) is 0 Å². The predicted molar refractivity (Wildman–Crippen MR) is 73.0 cm³/mol. The molecule has 0 heterocycles. The lowest BCUT2D eigenvalue weighted by molar-refractivity contribution is 0.628. The van der Waals surface area contributed by atoms with Gasteiger partial charge < -0.3 is 10.6 Å². The number of rotatable bonds is 2. The quantitative estimate of drug-likeness (QED) is 0.850. The van der Waals surface area contributed by atoms with Gasteiger partial charge in [0.2, 0.25) is 0 Å². The van der Waals surface area contributed by atoms with Gasteiger partial charge >= 0.3 is 0 Å². The lowest BCUT2D eigenvalue weighted by atomic mass is 10.2. The minimum Gasteiger partial charge on any atom is -0.399 e. The maximum atomic E-state index is 13.1. The van der Waals surface area contributed by atoms with Crippen molar-refractivity contribution in [3.05, 3.63) is 52.8 Å². The molecule has 0 radical (unpaired) electrons. The lowest BCUT2D eigenvalue weighted by Crippen LogP contribution is -2.10. The molecule has 2 N–H and O–H groups in total. The molecule has 0 saturated heterocycles. The molecule has 0 spiro atoms. The highest BCUT2D eigenvalue weighted by molar-refractivity contribution is 9.10. The minimum absolute atomic E-state index is 0.249. The van der Waals surface area contributed by atoms with E-state index < -0.39 is 0 Å². The first kappa shape index (κ1) is 11.9. The molecule has 0 aromatic heterocycles. The largest absolute Gasteiger partial charge is 0.399 e. The molecule has 0 aliphatic carbocycles. The van der Waals surface area contributed by atoms with E-state index in [0.717, 1.165) is 15.8 Å². The Morgan fingerprint density at radius 1 is 1.18 bits per heavy atom. The van der Waals surface area contributed by atoms with E-state index >= 15 is 0 Å². The SMILES string of the molecule is CN(c1cccc(F)c1)c1ccc(N)cc1Br. The van der Waals surface area contributed by atoms with Crippen LogP contribution in [0.1, 0.15) is 0 Å². The average Bonchev–Trinajstić information content (AvgIpc) is 2.28. The Morgan fingerprint density at radius 3 is 2.59 bits per heavy atom. The van der Waals surface area contributed by atoms with Gasteiger partial charge in [-0.2, -0.15) is 0 Å². The lowest BCUT2D eigenvalue weighted by Gasteiger charge is -2.21. The van der Waals surface area contributed by atoms with Crippen LogP contribution in [0.2, 0.25) is 0 Å². The maximum absolute atomic E-state index is 13.1. The van der Waals surface area contributed by atoms with Crippen LogP contribution in [0.4, 0.5) is 21.5 Å². The molecule has 0 atom stereocenters. The number of hydrogen-bond acceptors (Lipinski definition) is 2. The molecule has 0 unspecified atom stereocenters. The van der Waals surface area contributed by atoms with Crippen LogP contribution in [-0.4, -0.2) is 7.05 Å². The van der Waals surface area contributed by atoms with Crippen molar-refractivity contribution in [2.75, 3.05) is 17.7 Å². The molecular weight excluding hydrogens is 283 g/mol. The zero-order valence-electron chi connectivity index (χ0n) is 9.32. The third kappa shape index (κ3) is 2.58. The Labute approximate surface area is 108 Å². The van der Waals surface area contributed by atoms with Crippen LogP contribution in [-0.2, 0) is 0 Å². The molecule has 2 aromatic carbocycles. The second kappa shape index (κ2) is 4.75. The van der Waals surface area contributed by atoms with E-state index in [-0.39, 0.29) is 5.82 Å². The summed E-state index contributed by atoms with van der Waals surface area (Å²) in [5.41, 5.74) is 8.09. The van der Waals surface area contributed by atoms with Gasteiger partial charge in [0, 0.05) is 22.9 Å². The van der Waals surface area contributed by atoms with Gasteiger partial charge in [-0.05, 0) is 52.3 Å². The number of benzene rings is 2. The van der Waals surface area contributed by atoms with Crippen molar-refractivity contribution in [3.8, 4) is 0 Å². The first-order valence-electron chi connectivity index (χ1n) is 5.12. The van der Waals surface area contributed by atoms with Crippen molar-refractivity contribution in [1.29, 1.82) is 0 Å². The summed E-state index contributed by atoms with van der Waals surface area (Å²) < 4.78 is 14.0. The molecule has 2 aromatic rings. The summed E-state index contributed by atoms with van der Waals surface area (Å²) in [5.74, 6) is -0.249. The van der Waals surface area contributed by atoms with Gasteiger partial charge in [0.05, 0.1) is 5.69 Å². The Hall–Kier alpha value is -1.55. The number of hydrogen-bond donors (Lipinski definition) is 1. The van der Waals surface area contributed by atoms with Crippen molar-refractivity contribution in [3.63, 3.8) is 0 Å². The Morgan fingerprint density at radius 2 is 1.94 bits per heavy atom. The van der Waals surface area contributed by atoms with Crippen molar-refractivity contribution in [2.24, 2.45) is 0 Å². The monoisotopic (exact) mass is 294 g/mol. The molecule has 0 aliphatic heterocycles. The highest BCUT2D eigenvalue weighted by Crippen LogP contribution is 2.32. The smallest absolute Gasteiger partial charge is 0.125 e. The fourth-order valence-corrected chi connectivity index (χ4v) is 2.28. The third-order valence-corrected chi connectivity index (χ3v) is 3.16. The summed E-state index contributed by atoms with van der Waals surface area (Å²) in [7, 11) is 1.88. The van der Waals surface area contributed by atoms with Crippen molar-refractivity contribution in [1.82, 2.24) is 0 Å². The average molecular weight is 295 g/mol. The predicted octanol–water partition coefficient (Wildman–Crippen LogP) is 3.94. The van der Waals surface area contributed by atoms with Crippen LogP contribution < -0.4 is 10.6 Å². The molecule has 4 heteroatoms. The Balaban J connectivity index is 2.40. The molecule has 88 valence electrons. The van der Waals surface area contributed by atoms with Gasteiger partial charge in [0.15, 0.2) is 0 Å². The molecular formula is C13H12BrFN2. The van der Waals surface area contributed by atoms with Gasteiger partial charge in [-0.15, -0.1) is 0 Å². The maximum Gasteiger partial charge on any atom is 0.125 e. The minimum atomic E-state index is -0.249. The molecule has 0 amide bonds. The standard InChI is InChI=1S/C13H12BrFN2/c1-17(11-4-2-3-9(15)7-11)13-6-5-10(16)8-12(13)14/h2-8H,16H2,1H3. The van der Waals surface area contributed by atoms with Gasteiger partial charge in [-0.25, -0.2) is 4.39 Å². The van der Waals surface area contributed by atoms with Crippen molar-refractivity contribution in [2.45, 2.75) is 0 Å². The van der Waals surface area contributed by atoms with Crippen LogP contribution in [0.5, 0.6) is 0 Å². The van der Waals surface area contributed by atoms with E-state index in [1.165, 1.54) is 12.1 Å². The van der Waals surface area contributed by atoms with Gasteiger partial charge in [-0.1, -0.05) is 6.07 Å². The Kier molecular flexibility index (Phi) is 3.33. The normalized spacial score (nSPS) is 10.3.